The van der Waals surface area contributed by atoms with E-state index in [9.17, 15) is 13.2 Å². The van der Waals surface area contributed by atoms with Crippen molar-refractivity contribution in [1.29, 1.82) is 0 Å². The standard InChI is InChI=1S/C15H15NO3S/c16-14(11-17)15(12-7-3-1-4-8-12)20(18,19)13-9-5-2-6-10-13/h1-11,14-15H,16H2. The second-order valence-corrected chi connectivity index (χ2v) is 6.47. The van der Waals surface area contributed by atoms with Crippen LogP contribution in [-0.4, -0.2) is 20.7 Å². The van der Waals surface area contributed by atoms with Crippen LogP contribution in [0, 0.1) is 0 Å². The third-order valence-corrected chi connectivity index (χ3v) is 5.23. The molecule has 0 aliphatic heterocycles. The van der Waals surface area contributed by atoms with Gasteiger partial charge in [-0.1, -0.05) is 48.5 Å². The fourth-order valence-corrected chi connectivity index (χ4v) is 3.90. The van der Waals surface area contributed by atoms with Gasteiger partial charge >= 0.3 is 0 Å². The molecule has 0 fully saturated rings. The van der Waals surface area contributed by atoms with Gasteiger partial charge in [0.1, 0.15) is 11.5 Å². The van der Waals surface area contributed by atoms with E-state index < -0.39 is 21.1 Å². The quantitative estimate of drug-likeness (QED) is 0.850. The summed E-state index contributed by atoms with van der Waals surface area (Å²) in [5.41, 5.74) is 6.24. The minimum Gasteiger partial charge on any atom is -0.320 e. The van der Waals surface area contributed by atoms with Crippen LogP contribution in [0.5, 0.6) is 0 Å². The number of carbonyl (C=O) groups excluding carboxylic acids is 1. The number of nitrogens with two attached hydrogens (primary N) is 1. The molecule has 0 aliphatic carbocycles. The summed E-state index contributed by atoms with van der Waals surface area (Å²) in [6, 6.07) is 15.5. The Morgan fingerprint density at radius 2 is 1.40 bits per heavy atom. The molecule has 2 N–H and O–H groups in total. The second-order valence-electron chi connectivity index (χ2n) is 4.40. The molecule has 104 valence electrons. The summed E-state index contributed by atoms with van der Waals surface area (Å²) in [4.78, 5) is 11.2. The fraction of sp³-hybridized carbons (Fsp3) is 0.133. The van der Waals surface area contributed by atoms with E-state index in [1.54, 1.807) is 48.5 Å². The number of rotatable bonds is 5. The molecule has 5 heteroatoms. The minimum absolute atomic E-state index is 0.158. The van der Waals surface area contributed by atoms with E-state index in [-0.39, 0.29) is 4.90 Å². The summed E-state index contributed by atoms with van der Waals surface area (Å²) in [7, 11) is -3.72. The normalized spacial score (nSPS) is 14.4. The van der Waals surface area contributed by atoms with Crippen molar-refractivity contribution in [3.05, 3.63) is 66.2 Å². The molecule has 4 nitrogen and oxygen atoms in total. The number of hydrogen-bond donors (Lipinski definition) is 1. The lowest BCUT2D eigenvalue weighted by Gasteiger charge is -2.20. The van der Waals surface area contributed by atoms with Gasteiger partial charge in [0.15, 0.2) is 9.84 Å². The van der Waals surface area contributed by atoms with Crippen LogP contribution in [0.4, 0.5) is 0 Å². The zero-order valence-corrected chi connectivity index (χ0v) is 11.5. The molecule has 0 aliphatic rings. The van der Waals surface area contributed by atoms with Crippen molar-refractivity contribution in [3.8, 4) is 0 Å². The van der Waals surface area contributed by atoms with E-state index in [1.807, 2.05) is 0 Å². The third-order valence-electron chi connectivity index (χ3n) is 3.04. The molecule has 0 aromatic heterocycles. The lowest BCUT2D eigenvalue weighted by atomic mass is 10.1. The molecule has 0 saturated heterocycles. The number of carbonyl (C=O) groups is 1. The summed E-state index contributed by atoms with van der Waals surface area (Å²) in [5, 5.41) is -1.08. The molecule has 0 spiro atoms. The highest BCUT2D eigenvalue weighted by Crippen LogP contribution is 2.30. The van der Waals surface area contributed by atoms with Crippen LogP contribution in [0.3, 0.4) is 0 Å². The Balaban J connectivity index is 2.56. The highest BCUT2D eigenvalue weighted by atomic mass is 32.2. The first-order valence-corrected chi connectivity index (χ1v) is 7.67. The SMILES string of the molecule is NC(C=O)C(c1ccccc1)S(=O)(=O)c1ccccc1. The topological polar surface area (TPSA) is 77.2 Å². The summed E-state index contributed by atoms with van der Waals surface area (Å²) in [6.45, 7) is 0. The number of sulfone groups is 1. The second kappa shape index (κ2) is 5.98. The van der Waals surface area contributed by atoms with Crippen LogP contribution in [0.25, 0.3) is 0 Å². The van der Waals surface area contributed by atoms with Crippen molar-refractivity contribution in [3.63, 3.8) is 0 Å². The van der Waals surface area contributed by atoms with Crippen LogP contribution in [0.15, 0.2) is 65.6 Å². The molecule has 2 rings (SSSR count). The maximum absolute atomic E-state index is 12.7. The van der Waals surface area contributed by atoms with Crippen LogP contribution in [0.1, 0.15) is 10.8 Å². The van der Waals surface area contributed by atoms with Crippen molar-refractivity contribution >= 4 is 16.1 Å². The molecule has 0 amide bonds. The van der Waals surface area contributed by atoms with Crippen LogP contribution in [-0.2, 0) is 14.6 Å². The molecule has 2 aromatic rings. The van der Waals surface area contributed by atoms with Gasteiger partial charge in [0.25, 0.3) is 0 Å². The van der Waals surface area contributed by atoms with Gasteiger partial charge in [-0.25, -0.2) is 8.42 Å². The van der Waals surface area contributed by atoms with Crippen molar-refractivity contribution in [2.75, 3.05) is 0 Å². The maximum atomic E-state index is 12.7. The molecule has 20 heavy (non-hydrogen) atoms. The molecule has 0 bridgehead atoms. The average Bonchev–Trinajstić information content (AvgIpc) is 2.49. The molecule has 0 heterocycles. The Labute approximate surface area is 118 Å². The van der Waals surface area contributed by atoms with E-state index in [1.165, 1.54) is 12.1 Å². The highest BCUT2D eigenvalue weighted by molar-refractivity contribution is 7.91. The van der Waals surface area contributed by atoms with Gasteiger partial charge in [0.05, 0.1) is 10.9 Å². The molecule has 0 radical (unpaired) electrons. The lowest BCUT2D eigenvalue weighted by Crippen LogP contribution is -2.35. The predicted octanol–water partition coefficient (Wildman–Crippen LogP) is 1.73. The van der Waals surface area contributed by atoms with Crippen molar-refractivity contribution < 1.29 is 13.2 Å². The summed E-state index contributed by atoms with van der Waals surface area (Å²) in [6.07, 6.45) is 0.470. The van der Waals surface area contributed by atoms with Gasteiger partial charge in [0, 0.05) is 0 Å². The zero-order chi connectivity index (χ0) is 14.6. The number of aldehydes is 1. The first-order chi connectivity index (χ1) is 9.57. The predicted molar refractivity (Wildman–Crippen MR) is 76.9 cm³/mol. The van der Waals surface area contributed by atoms with E-state index in [4.69, 9.17) is 5.73 Å². The third kappa shape index (κ3) is 2.79. The van der Waals surface area contributed by atoms with E-state index in [0.29, 0.717) is 11.8 Å². The minimum atomic E-state index is -3.72. The molecule has 0 saturated carbocycles. The summed E-state index contributed by atoms with van der Waals surface area (Å²) >= 11 is 0. The van der Waals surface area contributed by atoms with Crippen LogP contribution < -0.4 is 5.73 Å². The molecular formula is C15H15NO3S. The van der Waals surface area contributed by atoms with Crippen molar-refractivity contribution in [2.24, 2.45) is 5.73 Å². The zero-order valence-electron chi connectivity index (χ0n) is 10.7. The van der Waals surface area contributed by atoms with Crippen LogP contribution in [0.2, 0.25) is 0 Å². The Morgan fingerprint density at radius 3 is 1.90 bits per heavy atom. The van der Waals surface area contributed by atoms with Crippen LogP contribution >= 0.6 is 0 Å². The Hall–Kier alpha value is -1.98. The van der Waals surface area contributed by atoms with Crippen molar-refractivity contribution in [1.82, 2.24) is 0 Å². The Morgan fingerprint density at radius 1 is 0.900 bits per heavy atom. The van der Waals surface area contributed by atoms with Gasteiger partial charge in [-0.05, 0) is 17.7 Å². The van der Waals surface area contributed by atoms with E-state index in [2.05, 4.69) is 0 Å². The number of hydrogen-bond acceptors (Lipinski definition) is 4. The molecule has 2 atom stereocenters. The smallest absolute Gasteiger partial charge is 0.187 e. The monoisotopic (exact) mass is 289 g/mol. The van der Waals surface area contributed by atoms with Gasteiger partial charge in [0.2, 0.25) is 0 Å². The maximum Gasteiger partial charge on any atom is 0.187 e. The van der Waals surface area contributed by atoms with E-state index in [0.717, 1.165) is 0 Å². The number of benzene rings is 2. The summed E-state index contributed by atoms with van der Waals surface area (Å²) in [5.74, 6) is 0. The van der Waals surface area contributed by atoms with Gasteiger partial charge < -0.3 is 10.5 Å². The molecule has 2 aromatic carbocycles. The molecule has 2 unspecified atom stereocenters. The Bertz CT molecular complexity index is 669. The Kier molecular flexibility index (Phi) is 4.32. The first-order valence-electron chi connectivity index (χ1n) is 6.12. The summed E-state index contributed by atoms with van der Waals surface area (Å²) < 4.78 is 25.4. The fourth-order valence-electron chi connectivity index (χ4n) is 2.08. The van der Waals surface area contributed by atoms with Gasteiger partial charge in [-0.15, -0.1) is 0 Å². The van der Waals surface area contributed by atoms with Gasteiger partial charge in [-0.2, -0.15) is 0 Å². The largest absolute Gasteiger partial charge is 0.320 e. The highest BCUT2D eigenvalue weighted by Gasteiger charge is 2.34. The van der Waals surface area contributed by atoms with Gasteiger partial charge in [-0.3, -0.25) is 0 Å². The van der Waals surface area contributed by atoms with E-state index >= 15 is 0 Å². The molecular weight excluding hydrogens is 274 g/mol. The average molecular weight is 289 g/mol. The first kappa shape index (κ1) is 14.4. The lowest BCUT2D eigenvalue weighted by molar-refractivity contribution is -0.108. The van der Waals surface area contributed by atoms with Crippen molar-refractivity contribution in [2.45, 2.75) is 16.2 Å².